The van der Waals surface area contributed by atoms with Crippen molar-refractivity contribution in [2.24, 2.45) is 0 Å². The molecule has 0 bridgehead atoms. The molecule has 1 aromatic carbocycles. The SMILES string of the molecule is O=C(O)c1cc2c(cc1CO)CC=CC2=O. The Bertz CT molecular complexity index is 500. The maximum Gasteiger partial charge on any atom is 0.336 e. The number of aliphatic hydroxyl groups is 1. The fraction of sp³-hybridized carbons (Fsp3) is 0.167. The standard InChI is InChI=1S/C12H10O4/c13-6-8-4-7-2-1-3-11(14)9(7)5-10(8)12(15)16/h1,3-5,13H,2,6H2,(H,15,16). The Labute approximate surface area is 91.8 Å². The lowest BCUT2D eigenvalue weighted by Gasteiger charge is -2.13. The van der Waals surface area contributed by atoms with Gasteiger partial charge in [0.1, 0.15) is 0 Å². The number of allylic oxidation sites excluding steroid dienone is 2. The molecule has 0 unspecified atom stereocenters. The van der Waals surface area contributed by atoms with E-state index in [2.05, 4.69) is 0 Å². The van der Waals surface area contributed by atoms with Crippen LogP contribution >= 0.6 is 0 Å². The molecule has 2 rings (SSSR count). The summed E-state index contributed by atoms with van der Waals surface area (Å²) in [5, 5.41) is 18.0. The van der Waals surface area contributed by atoms with Crippen molar-refractivity contribution >= 4 is 11.8 Å². The minimum atomic E-state index is -1.13. The number of carbonyl (C=O) groups is 2. The predicted molar refractivity (Wildman–Crippen MR) is 56.5 cm³/mol. The summed E-state index contributed by atoms with van der Waals surface area (Å²) >= 11 is 0. The number of fused-ring (bicyclic) bond motifs is 1. The summed E-state index contributed by atoms with van der Waals surface area (Å²) in [6.45, 7) is -0.340. The molecule has 82 valence electrons. The van der Waals surface area contributed by atoms with E-state index in [-0.39, 0.29) is 18.0 Å². The molecule has 0 fully saturated rings. The topological polar surface area (TPSA) is 74.6 Å². The molecule has 0 heterocycles. The quantitative estimate of drug-likeness (QED) is 0.781. The van der Waals surface area contributed by atoms with Crippen molar-refractivity contribution in [2.45, 2.75) is 13.0 Å². The van der Waals surface area contributed by atoms with Gasteiger partial charge in [-0.3, -0.25) is 4.79 Å². The van der Waals surface area contributed by atoms with Gasteiger partial charge in [-0.25, -0.2) is 4.79 Å². The lowest BCUT2D eigenvalue weighted by molar-refractivity contribution is 0.0693. The Balaban J connectivity index is 2.63. The predicted octanol–water partition coefficient (Wildman–Crippen LogP) is 1.17. The van der Waals surface area contributed by atoms with Crippen molar-refractivity contribution in [3.8, 4) is 0 Å². The van der Waals surface area contributed by atoms with Crippen molar-refractivity contribution in [1.29, 1.82) is 0 Å². The van der Waals surface area contributed by atoms with E-state index in [0.29, 0.717) is 17.5 Å². The maximum absolute atomic E-state index is 11.5. The number of ketones is 1. The van der Waals surface area contributed by atoms with E-state index in [0.717, 1.165) is 5.56 Å². The van der Waals surface area contributed by atoms with Crippen LogP contribution in [0.5, 0.6) is 0 Å². The van der Waals surface area contributed by atoms with Crippen molar-refractivity contribution in [2.75, 3.05) is 0 Å². The first-order chi connectivity index (χ1) is 7.63. The molecule has 0 spiro atoms. The molecule has 1 aromatic rings. The molecular weight excluding hydrogens is 208 g/mol. The zero-order valence-corrected chi connectivity index (χ0v) is 8.43. The number of aliphatic hydroxyl groups excluding tert-OH is 1. The fourth-order valence-electron chi connectivity index (χ4n) is 1.81. The van der Waals surface area contributed by atoms with Gasteiger partial charge in [0.25, 0.3) is 0 Å². The third-order valence-corrected chi connectivity index (χ3v) is 2.60. The number of carboxylic acid groups (broad SMARTS) is 1. The van der Waals surface area contributed by atoms with Crippen LogP contribution in [0.15, 0.2) is 24.3 Å². The zero-order chi connectivity index (χ0) is 11.7. The molecule has 0 aromatic heterocycles. The van der Waals surface area contributed by atoms with E-state index in [9.17, 15) is 9.59 Å². The van der Waals surface area contributed by atoms with Gasteiger partial charge >= 0.3 is 5.97 Å². The number of aromatic carboxylic acids is 1. The second-order valence-corrected chi connectivity index (χ2v) is 3.60. The minimum absolute atomic E-state index is 0.00935. The lowest BCUT2D eigenvalue weighted by atomic mass is 9.91. The average Bonchev–Trinajstić information content (AvgIpc) is 2.27. The minimum Gasteiger partial charge on any atom is -0.478 e. The largest absolute Gasteiger partial charge is 0.478 e. The van der Waals surface area contributed by atoms with Gasteiger partial charge in [0.15, 0.2) is 5.78 Å². The Morgan fingerprint density at radius 1 is 1.38 bits per heavy atom. The molecule has 0 atom stereocenters. The van der Waals surface area contributed by atoms with Crippen LogP contribution in [0.2, 0.25) is 0 Å². The molecule has 0 amide bonds. The van der Waals surface area contributed by atoms with Crippen LogP contribution in [0, 0.1) is 0 Å². The van der Waals surface area contributed by atoms with E-state index < -0.39 is 5.97 Å². The summed E-state index contributed by atoms with van der Waals surface area (Å²) in [4.78, 5) is 22.5. The highest BCUT2D eigenvalue weighted by atomic mass is 16.4. The summed E-state index contributed by atoms with van der Waals surface area (Å²) in [6, 6.07) is 2.93. The van der Waals surface area contributed by atoms with Gasteiger partial charge in [-0.1, -0.05) is 12.1 Å². The van der Waals surface area contributed by atoms with E-state index in [4.69, 9.17) is 10.2 Å². The zero-order valence-electron chi connectivity index (χ0n) is 8.43. The molecule has 4 nitrogen and oxygen atoms in total. The van der Waals surface area contributed by atoms with Crippen molar-refractivity contribution in [3.05, 3.63) is 46.5 Å². The molecular formula is C12H10O4. The molecule has 0 saturated carbocycles. The van der Waals surface area contributed by atoms with E-state index >= 15 is 0 Å². The van der Waals surface area contributed by atoms with Crippen LogP contribution < -0.4 is 0 Å². The third kappa shape index (κ3) is 1.63. The van der Waals surface area contributed by atoms with Crippen LogP contribution in [0.25, 0.3) is 0 Å². The van der Waals surface area contributed by atoms with Gasteiger partial charge in [0.05, 0.1) is 12.2 Å². The van der Waals surface area contributed by atoms with Crippen LogP contribution in [-0.2, 0) is 13.0 Å². The van der Waals surface area contributed by atoms with Crippen LogP contribution in [0.1, 0.15) is 31.8 Å². The Morgan fingerprint density at radius 3 is 2.75 bits per heavy atom. The molecule has 4 heteroatoms. The number of hydrogen-bond donors (Lipinski definition) is 2. The number of rotatable bonds is 2. The molecule has 0 saturated heterocycles. The molecule has 2 N–H and O–H groups in total. The summed E-state index contributed by atoms with van der Waals surface area (Å²) < 4.78 is 0. The van der Waals surface area contributed by atoms with E-state index in [1.165, 1.54) is 12.1 Å². The van der Waals surface area contributed by atoms with Crippen LogP contribution in [0.4, 0.5) is 0 Å². The summed E-state index contributed by atoms with van der Waals surface area (Å²) in [7, 11) is 0. The summed E-state index contributed by atoms with van der Waals surface area (Å²) in [6.07, 6.45) is 3.76. The van der Waals surface area contributed by atoms with Gasteiger partial charge in [0, 0.05) is 5.56 Å². The van der Waals surface area contributed by atoms with Crippen molar-refractivity contribution < 1.29 is 19.8 Å². The first kappa shape index (κ1) is 10.6. The molecule has 0 aliphatic heterocycles. The summed E-state index contributed by atoms with van der Waals surface area (Å²) in [5.74, 6) is -1.32. The molecule has 1 aliphatic rings. The van der Waals surface area contributed by atoms with Gasteiger partial charge in [-0.2, -0.15) is 0 Å². The lowest BCUT2D eigenvalue weighted by Crippen LogP contribution is -2.11. The van der Waals surface area contributed by atoms with Gasteiger partial charge < -0.3 is 10.2 Å². The second-order valence-electron chi connectivity index (χ2n) is 3.60. The number of carboxylic acids is 1. The number of benzene rings is 1. The maximum atomic E-state index is 11.5. The number of carbonyl (C=O) groups excluding carboxylic acids is 1. The normalized spacial score (nSPS) is 13.7. The van der Waals surface area contributed by atoms with Crippen LogP contribution in [-0.4, -0.2) is 22.0 Å². The van der Waals surface area contributed by atoms with Gasteiger partial charge in [-0.05, 0) is 29.7 Å². The highest BCUT2D eigenvalue weighted by molar-refractivity contribution is 6.08. The van der Waals surface area contributed by atoms with E-state index in [1.54, 1.807) is 12.1 Å². The van der Waals surface area contributed by atoms with Gasteiger partial charge in [0.2, 0.25) is 0 Å². The molecule has 1 aliphatic carbocycles. The Morgan fingerprint density at radius 2 is 2.12 bits per heavy atom. The smallest absolute Gasteiger partial charge is 0.336 e. The monoisotopic (exact) mass is 218 g/mol. The highest BCUT2D eigenvalue weighted by Crippen LogP contribution is 2.22. The average molecular weight is 218 g/mol. The van der Waals surface area contributed by atoms with Crippen molar-refractivity contribution in [1.82, 2.24) is 0 Å². The Kier molecular flexibility index (Phi) is 2.58. The number of hydrogen-bond acceptors (Lipinski definition) is 3. The molecule has 16 heavy (non-hydrogen) atoms. The first-order valence-corrected chi connectivity index (χ1v) is 4.84. The van der Waals surface area contributed by atoms with Crippen molar-refractivity contribution in [3.63, 3.8) is 0 Å². The van der Waals surface area contributed by atoms with Gasteiger partial charge in [-0.15, -0.1) is 0 Å². The van der Waals surface area contributed by atoms with E-state index in [1.807, 2.05) is 0 Å². The molecule has 0 radical (unpaired) electrons. The fourth-order valence-corrected chi connectivity index (χ4v) is 1.81. The Hall–Kier alpha value is -1.94. The second kappa shape index (κ2) is 3.90. The third-order valence-electron chi connectivity index (χ3n) is 2.60. The first-order valence-electron chi connectivity index (χ1n) is 4.84. The highest BCUT2D eigenvalue weighted by Gasteiger charge is 2.18. The summed E-state index contributed by atoms with van der Waals surface area (Å²) in [5.41, 5.74) is 1.51. The van der Waals surface area contributed by atoms with Crippen LogP contribution in [0.3, 0.4) is 0 Å².